The minimum Gasteiger partial charge on any atom is -0.306 e. The van der Waals surface area contributed by atoms with Gasteiger partial charge in [-0.15, -0.1) is 0 Å². The van der Waals surface area contributed by atoms with E-state index in [0.717, 1.165) is 45.2 Å². The van der Waals surface area contributed by atoms with Crippen molar-refractivity contribution in [1.29, 1.82) is 0 Å². The van der Waals surface area contributed by atoms with Crippen molar-refractivity contribution in [3.05, 3.63) is 146 Å². The molecule has 0 amide bonds. The van der Waals surface area contributed by atoms with E-state index >= 15 is 0 Å². The van der Waals surface area contributed by atoms with Gasteiger partial charge in [0.15, 0.2) is 0 Å². The summed E-state index contributed by atoms with van der Waals surface area (Å²) in [6, 6.07) is 47.1. The van der Waals surface area contributed by atoms with E-state index in [1.807, 2.05) is 24.5 Å². The minimum absolute atomic E-state index is 0.917. The van der Waals surface area contributed by atoms with Gasteiger partial charge in [-0.3, -0.25) is 9.55 Å². The third-order valence-corrected chi connectivity index (χ3v) is 7.59. The summed E-state index contributed by atoms with van der Waals surface area (Å²) >= 11 is 0. The highest BCUT2D eigenvalue weighted by Gasteiger charge is 2.29. The molecule has 0 saturated heterocycles. The van der Waals surface area contributed by atoms with Crippen LogP contribution in [0.5, 0.6) is 0 Å². The molecule has 3 heterocycles. The zero-order valence-electron chi connectivity index (χ0n) is 21.6. The molecule has 0 aliphatic carbocycles. The maximum Gasteiger partial charge on any atom is 0.145 e. The maximum absolute atomic E-state index is 5.12. The van der Waals surface area contributed by atoms with Crippen LogP contribution in [0.2, 0.25) is 0 Å². The summed E-state index contributed by atoms with van der Waals surface area (Å²) in [4.78, 5) is 11.7. The van der Waals surface area contributed by atoms with Crippen LogP contribution in [-0.4, -0.2) is 14.5 Å². The first kappa shape index (κ1) is 22.5. The molecule has 0 fully saturated rings. The zero-order valence-corrected chi connectivity index (χ0v) is 21.6. The molecule has 7 aromatic rings. The summed E-state index contributed by atoms with van der Waals surface area (Å²) in [6.07, 6.45) is 3.65. The summed E-state index contributed by atoms with van der Waals surface area (Å²) < 4.78 is 2.30. The highest BCUT2D eigenvalue weighted by Crippen LogP contribution is 2.49. The Hall–Kier alpha value is -5.48. The SMILES string of the molecule is c1ccc(-c2cc(-c3ccccc3)cc(N3c4ccccc4-n4c(-c5ccncc5)nc5cccc3c54)c2)cc1. The number of pyridine rings is 1. The summed E-state index contributed by atoms with van der Waals surface area (Å²) in [5, 5.41) is 0. The number of imidazole rings is 1. The molecule has 0 spiro atoms. The van der Waals surface area contributed by atoms with E-state index in [1.54, 1.807) is 0 Å². The van der Waals surface area contributed by atoms with Gasteiger partial charge in [-0.2, -0.15) is 0 Å². The van der Waals surface area contributed by atoms with Gasteiger partial charge in [-0.05, 0) is 76.9 Å². The monoisotopic (exact) mass is 512 g/mol. The minimum atomic E-state index is 0.917. The van der Waals surface area contributed by atoms with Crippen LogP contribution in [0.4, 0.5) is 17.1 Å². The average molecular weight is 513 g/mol. The fraction of sp³-hybridized carbons (Fsp3) is 0. The van der Waals surface area contributed by atoms with Gasteiger partial charge in [-0.1, -0.05) is 78.9 Å². The van der Waals surface area contributed by atoms with Gasteiger partial charge in [0.1, 0.15) is 5.82 Å². The summed E-state index contributed by atoms with van der Waals surface area (Å²) in [5.41, 5.74) is 12.3. The molecule has 4 nitrogen and oxygen atoms in total. The molecule has 0 N–H and O–H groups in total. The number of hydrogen-bond donors (Lipinski definition) is 0. The molecule has 188 valence electrons. The summed E-state index contributed by atoms with van der Waals surface area (Å²) in [6.45, 7) is 0. The Morgan fingerprint density at radius 2 is 1.05 bits per heavy atom. The lowest BCUT2D eigenvalue weighted by molar-refractivity contribution is 1.06. The third-order valence-electron chi connectivity index (χ3n) is 7.59. The van der Waals surface area contributed by atoms with Gasteiger partial charge in [0, 0.05) is 23.6 Å². The molecule has 8 rings (SSSR count). The average Bonchev–Trinajstić information content (AvgIpc) is 3.43. The Labute approximate surface area is 232 Å². The molecule has 0 unspecified atom stereocenters. The molecule has 5 aromatic carbocycles. The Bertz CT molecular complexity index is 1940. The number of nitrogens with zero attached hydrogens (tertiary/aromatic N) is 4. The number of rotatable bonds is 4. The molecule has 0 radical (unpaired) electrons. The second-order valence-electron chi connectivity index (χ2n) is 9.98. The lowest BCUT2D eigenvalue weighted by atomic mass is 9.97. The van der Waals surface area contributed by atoms with Crippen LogP contribution in [0.3, 0.4) is 0 Å². The van der Waals surface area contributed by atoms with Gasteiger partial charge in [0.2, 0.25) is 0 Å². The van der Waals surface area contributed by atoms with E-state index in [0.29, 0.717) is 0 Å². The van der Waals surface area contributed by atoms with Crippen LogP contribution < -0.4 is 4.90 Å². The molecule has 0 saturated carbocycles. The summed E-state index contributed by atoms with van der Waals surface area (Å²) in [7, 11) is 0. The number of anilines is 3. The maximum atomic E-state index is 5.12. The molecule has 0 atom stereocenters. The van der Waals surface area contributed by atoms with E-state index in [4.69, 9.17) is 4.98 Å². The predicted molar refractivity (Wildman–Crippen MR) is 163 cm³/mol. The second-order valence-corrected chi connectivity index (χ2v) is 9.98. The molecule has 4 heteroatoms. The van der Waals surface area contributed by atoms with Crippen molar-refractivity contribution in [3.63, 3.8) is 0 Å². The molecule has 2 aromatic heterocycles. The standard InChI is InChI=1S/C36H24N4/c1-3-10-25(11-4-1)28-22-29(26-12-5-2-6-13-26)24-30(23-28)39-32-15-7-8-16-33(32)40-35-31(14-9-17-34(35)39)38-36(40)27-18-20-37-21-19-27/h1-24H. The Morgan fingerprint density at radius 3 is 1.73 bits per heavy atom. The number of benzene rings is 5. The van der Waals surface area contributed by atoms with Gasteiger partial charge in [0.05, 0.1) is 28.1 Å². The van der Waals surface area contributed by atoms with E-state index in [-0.39, 0.29) is 0 Å². The molecule has 1 aliphatic heterocycles. The van der Waals surface area contributed by atoms with Crippen molar-refractivity contribution in [3.8, 4) is 39.3 Å². The molecular formula is C36H24N4. The quantitative estimate of drug-likeness (QED) is 0.236. The second kappa shape index (κ2) is 9.07. The normalized spacial score (nSPS) is 11.9. The van der Waals surface area contributed by atoms with Crippen LogP contribution >= 0.6 is 0 Å². The first-order valence-electron chi connectivity index (χ1n) is 13.4. The number of fused-ring (bicyclic) bond motifs is 2. The Morgan fingerprint density at radius 1 is 0.450 bits per heavy atom. The molecule has 1 aliphatic rings. The first-order chi connectivity index (χ1) is 19.8. The van der Waals surface area contributed by atoms with Crippen LogP contribution in [0.15, 0.2) is 146 Å². The topological polar surface area (TPSA) is 34.0 Å². The van der Waals surface area contributed by atoms with Crippen molar-refractivity contribution in [2.75, 3.05) is 4.90 Å². The predicted octanol–water partition coefficient (Wildman–Crippen LogP) is 9.20. The molecule has 40 heavy (non-hydrogen) atoms. The number of hydrogen-bond acceptors (Lipinski definition) is 3. The van der Waals surface area contributed by atoms with Gasteiger partial charge >= 0.3 is 0 Å². The highest BCUT2D eigenvalue weighted by molar-refractivity contribution is 6.03. The lowest BCUT2D eigenvalue weighted by Gasteiger charge is -2.33. The third kappa shape index (κ3) is 3.54. The summed E-state index contributed by atoms with van der Waals surface area (Å²) in [5.74, 6) is 0.917. The van der Waals surface area contributed by atoms with Gasteiger partial charge in [-0.25, -0.2) is 4.98 Å². The van der Waals surface area contributed by atoms with E-state index in [2.05, 4.69) is 136 Å². The van der Waals surface area contributed by atoms with Crippen molar-refractivity contribution in [1.82, 2.24) is 14.5 Å². The van der Waals surface area contributed by atoms with Crippen molar-refractivity contribution < 1.29 is 0 Å². The Balaban J connectivity index is 1.42. The highest BCUT2D eigenvalue weighted by atomic mass is 15.2. The van der Waals surface area contributed by atoms with Crippen molar-refractivity contribution >= 4 is 28.1 Å². The van der Waals surface area contributed by atoms with Crippen LogP contribution in [0, 0.1) is 0 Å². The van der Waals surface area contributed by atoms with Crippen molar-refractivity contribution in [2.45, 2.75) is 0 Å². The Kier molecular flexibility index (Phi) is 5.10. The van der Waals surface area contributed by atoms with Crippen molar-refractivity contribution in [2.24, 2.45) is 0 Å². The van der Waals surface area contributed by atoms with Crippen LogP contribution in [0.25, 0.3) is 50.4 Å². The molecule has 0 bridgehead atoms. The van der Waals surface area contributed by atoms with Gasteiger partial charge in [0.25, 0.3) is 0 Å². The number of aromatic nitrogens is 3. The fourth-order valence-electron chi connectivity index (χ4n) is 5.80. The van der Waals surface area contributed by atoms with E-state index < -0.39 is 0 Å². The van der Waals surface area contributed by atoms with Crippen LogP contribution in [-0.2, 0) is 0 Å². The smallest absolute Gasteiger partial charge is 0.145 e. The molecular weight excluding hydrogens is 488 g/mol. The zero-order chi connectivity index (χ0) is 26.5. The van der Waals surface area contributed by atoms with Crippen LogP contribution in [0.1, 0.15) is 0 Å². The van der Waals surface area contributed by atoms with E-state index in [1.165, 1.54) is 22.3 Å². The first-order valence-corrected chi connectivity index (χ1v) is 13.4. The largest absolute Gasteiger partial charge is 0.306 e. The number of para-hydroxylation sites is 3. The van der Waals surface area contributed by atoms with Gasteiger partial charge < -0.3 is 4.90 Å². The van der Waals surface area contributed by atoms with E-state index in [9.17, 15) is 0 Å². The fourth-order valence-corrected chi connectivity index (χ4v) is 5.80. The lowest BCUT2D eigenvalue weighted by Crippen LogP contribution is -2.18.